The lowest BCUT2D eigenvalue weighted by atomic mass is 10.0. The van der Waals surface area contributed by atoms with E-state index in [1.54, 1.807) is 24.4 Å². The molecule has 1 heterocycles. The summed E-state index contributed by atoms with van der Waals surface area (Å²) >= 11 is 0. The van der Waals surface area contributed by atoms with Crippen molar-refractivity contribution in [2.45, 2.75) is 0 Å². The first-order chi connectivity index (χ1) is 10.6. The molecular weight excluding hydrogens is 276 g/mol. The number of amides is 1. The predicted octanol–water partition coefficient (Wildman–Crippen LogP) is 2.97. The SMILES string of the molecule is NC(=O)C(=Cc1cnc2ccccc2c1)c1ccc(O)cc1. The number of para-hydroxylation sites is 1. The third kappa shape index (κ3) is 2.81. The Balaban J connectivity index is 2.08. The molecule has 0 bridgehead atoms. The minimum Gasteiger partial charge on any atom is -0.508 e. The van der Waals surface area contributed by atoms with Gasteiger partial charge in [-0.25, -0.2) is 0 Å². The van der Waals surface area contributed by atoms with E-state index in [9.17, 15) is 9.90 Å². The molecule has 22 heavy (non-hydrogen) atoms. The topological polar surface area (TPSA) is 76.2 Å². The average Bonchev–Trinajstić information content (AvgIpc) is 2.53. The Morgan fingerprint density at radius 2 is 1.82 bits per heavy atom. The highest BCUT2D eigenvalue weighted by Crippen LogP contribution is 2.22. The molecule has 0 saturated carbocycles. The van der Waals surface area contributed by atoms with Crippen LogP contribution in [0.15, 0.2) is 60.8 Å². The van der Waals surface area contributed by atoms with Gasteiger partial charge in [0.25, 0.3) is 0 Å². The number of phenols is 1. The number of aromatic nitrogens is 1. The summed E-state index contributed by atoms with van der Waals surface area (Å²) in [5, 5.41) is 10.3. The van der Waals surface area contributed by atoms with E-state index >= 15 is 0 Å². The molecule has 4 heteroatoms. The number of carbonyl (C=O) groups excluding carboxylic acids is 1. The zero-order valence-electron chi connectivity index (χ0n) is 11.7. The van der Waals surface area contributed by atoms with Crippen LogP contribution in [0.5, 0.6) is 5.75 Å². The maximum absolute atomic E-state index is 11.7. The molecule has 0 radical (unpaired) electrons. The second-order valence-electron chi connectivity index (χ2n) is 4.93. The van der Waals surface area contributed by atoms with Crippen molar-refractivity contribution >= 4 is 28.5 Å². The van der Waals surface area contributed by atoms with Gasteiger partial charge in [-0.2, -0.15) is 0 Å². The molecule has 2 aromatic carbocycles. The zero-order valence-corrected chi connectivity index (χ0v) is 11.7. The van der Waals surface area contributed by atoms with E-state index in [1.807, 2.05) is 30.3 Å². The Labute approximate surface area is 127 Å². The van der Waals surface area contributed by atoms with Crippen LogP contribution in [0.2, 0.25) is 0 Å². The van der Waals surface area contributed by atoms with Gasteiger partial charge in [0.15, 0.2) is 0 Å². The van der Waals surface area contributed by atoms with Crippen molar-refractivity contribution in [2.75, 3.05) is 0 Å². The summed E-state index contributed by atoms with van der Waals surface area (Å²) in [4.78, 5) is 16.1. The van der Waals surface area contributed by atoms with Crippen molar-refractivity contribution in [3.63, 3.8) is 0 Å². The smallest absolute Gasteiger partial charge is 0.249 e. The lowest BCUT2D eigenvalue weighted by Gasteiger charge is -2.05. The maximum atomic E-state index is 11.7. The molecule has 0 aliphatic heterocycles. The summed E-state index contributed by atoms with van der Waals surface area (Å²) in [5.74, 6) is -0.390. The van der Waals surface area contributed by atoms with Crippen LogP contribution >= 0.6 is 0 Å². The number of carbonyl (C=O) groups is 1. The molecule has 3 aromatic rings. The van der Waals surface area contributed by atoms with Crippen LogP contribution in [-0.2, 0) is 4.79 Å². The number of rotatable bonds is 3. The molecule has 1 aromatic heterocycles. The molecule has 3 rings (SSSR count). The van der Waals surface area contributed by atoms with E-state index in [-0.39, 0.29) is 5.75 Å². The number of pyridine rings is 1. The largest absolute Gasteiger partial charge is 0.508 e. The minimum absolute atomic E-state index is 0.139. The van der Waals surface area contributed by atoms with Gasteiger partial charge < -0.3 is 10.8 Å². The summed E-state index contributed by atoms with van der Waals surface area (Å²) in [6, 6.07) is 16.0. The highest BCUT2D eigenvalue weighted by Gasteiger charge is 2.09. The lowest BCUT2D eigenvalue weighted by molar-refractivity contribution is -0.112. The van der Waals surface area contributed by atoms with Crippen LogP contribution in [-0.4, -0.2) is 16.0 Å². The van der Waals surface area contributed by atoms with Gasteiger partial charge in [-0.1, -0.05) is 30.3 Å². The van der Waals surface area contributed by atoms with Crippen molar-refractivity contribution in [3.8, 4) is 5.75 Å². The number of aromatic hydroxyl groups is 1. The number of nitrogens with zero attached hydrogens (tertiary/aromatic N) is 1. The molecule has 0 aliphatic rings. The zero-order chi connectivity index (χ0) is 15.5. The number of fused-ring (bicyclic) bond motifs is 1. The quantitative estimate of drug-likeness (QED) is 0.728. The van der Waals surface area contributed by atoms with Crippen molar-refractivity contribution in [2.24, 2.45) is 5.73 Å². The van der Waals surface area contributed by atoms with Gasteiger partial charge in [-0.05, 0) is 41.5 Å². The van der Waals surface area contributed by atoms with Crippen molar-refractivity contribution in [1.82, 2.24) is 4.98 Å². The molecule has 0 spiro atoms. The first kappa shape index (κ1) is 13.8. The monoisotopic (exact) mass is 290 g/mol. The molecule has 0 unspecified atom stereocenters. The third-order valence-electron chi connectivity index (χ3n) is 3.37. The Kier molecular flexibility index (Phi) is 3.58. The van der Waals surface area contributed by atoms with Gasteiger partial charge in [0.1, 0.15) is 5.75 Å². The van der Waals surface area contributed by atoms with Crippen LogP contribution < -0.4 is 5.73 Å². The third-order valence-corrected chi connectivity index (χ3v) is 3.37. The number of nitrogens with two attached hydrogens (primary N) is 1. The van der Waals surface area contributed by atoms with E-state index in [1.165, 1.54) is 12.1 Å². The van der Waals surface area contributed by atoms with Gasteiger partial charge in [-0.15, -0.1) is 0 Å². The van der Waals surface area contributed by atoms with Gasteiger partial charge in [0.2, 0.25) is 5.91 Å². The van der Waals surface area contributed by atoms with Crippen molar-refractivity contribution < 1.29 is 9.90 Å². The summed E-state index contributed by atoms with van der Waals surface area (Å²) < 4.78 is 0. The summed E-state index contributed by atoms with van der Waals surface area (Å²) in [6.45, 7) is 0. The molecule has 3 N–H and O–H groups in total. The Hall–Kier alpha value is -3.14. The Morgan fingerprint density at radius 1 is 1.09 bits per heavy atom. The molecule has 0 atom stereocenters. The lowest BCUT2D eigenvalue weighted by Crippen LogP contribution is -2.12. The van der Waals surface area contributed by atoms with Crippen LogP contribution in [0, 0.1) is 0 Å². The molecule has 0 saturated heterocycles. The molecule has 108 valence electrons. The minimum atomic E-state index is -0.529. The van der Waals surface area contributed by atoms with Crippen molar-refractivity contribution in [1.29, 1.82) is 0 Å². The number of benzene rings is 2. The van der Waals surface area contributed by atoms with E-state index in [2.05, 4.69) is 4.98 Å². The highest BCUT2D eigenvalue weighted by atomic mass is 16.3. The summed E-state index contributed by atoms with van der Waals surface area (Å²) in [7, 11) is 0. The highest BCUT2D eigenvalue weighted by molar-refractivity contribution is 6.23. The van der Waals surface area contributed by atoms with E-state index in [0.717, 1.165) is 16.5 Å². The normalized spacial score (nSPS) is 11.5. The van der Waals surface area contributed by atoms with Crippen LogP contribution in [0.1, 0.15) is 11.1 Å². The molecule has 0 fully saturated rings. The molecule has 0 aliphatic carbocycles. The summed E-state index contributed by atoms with van der Waals surface area (Å²) in [5.41, 5.74) is 8.19. The fourth-order valence-corrected chi connectivity index (χ4v) is 2.27. The molecule has 4 nitrogen and oxygen atoms in total. The van der Waals surface area contributed by atoms with E-state index < -0.39 is 5.91 Å². The second kappa shape index (κ2) is 5.69. The molecular formula is C18H14N2O2. The number of phenolic OH excluding ortho intramolecular Hbond substituents is 1. The van der Waals surface area contributed by atoms with Crippen LogP contribution in [0.3, 0.4) is 0 Å². The predicted molar refractivity (Wildman–Crippen MR) is 86.9 cm³/mol. The standard InChI is InChI=1S/C18H14N2O2/c19-18(22)16(13-5-7-15(21)8-6-13)10-12-9-14-3-1-2-4-17(14)20-11-12/h1-11,21H,(H2,19,22). The number of hydrogen-bond acceptors (Lipinski definition) is 3. The maximum Gasteiger partial charge on any atom is 0.249 e. The molecule has 1 amide bonds. The van der Waals surface area contributed by atoms with Gasteiger partial charge in [0, 0.05) is 17.2 Å². The average molecular weight is 290 g/mol. The second-order valence-corrected chi connectivity index (χ2v) is 4.93. The van der Waals surface area contributed by atoms with Crippen molar-refractivity contribution in [3.05, 3.63) is 71.9 Å². The van der Waals surface area contributed by atoms with E-state index in [4.69, 9.17) is 5.73 Å². The first-order valence-corrected chi connectivity index (χ1v) is 6.79. The number of hydrogen-bond donors (Lipinski definition) is 2. The van der Waals surface area contributed by atoms with Crippen LogP contribution in [0.4, 0.5) is 0 Å². The Morgan fingerprint density at radius 3 is 2.55 bits per heavy atom. The van der Waals surface area contributed by atoms with Gasteiger partial charge >= 0.3 is 0 Å². The van der Waals surface area contributed by atoms with Gasteiger partial charge in [0.05, 0.1) is 5.52 Å². The fourth-order valence-electron chi connectivity index (χ4n) is 2.27. The van der Waals surface area contributed by atoms with Gasteiger partial charge in [-0.3, -0.25) is 9.78 Å². The fraction of sp³-hybridized carbons (Fsp3) is 0. The number of primary amides is 1. The first-order valence-electron chi connectivity index (χ1n) is 6.79. The summed E-state index contributed by atoms with van der Waals surface area (Å²) in [6.07, 6.45) is 3.40. The van der Waals surface area contributed by atoms with E-state index in [0.29, 0.717) is 11.1 Å². The Bertz CT molecular complexity index is 868. The van der Waals surface area contributed by atoms with Crippen LogP contribution in [0.25, 0.3) is 22.6 Å².